The minimum Gasteiger partial charge on any atom is -0.352 e. The van der Waals surface area contributed by atoms with Crippen LogP contribution in [0, 0.1) is 6.92 Å². The number of hydrogen-bond donors (Lipinski definition) is 2. The number of carbonyl (C=O) groups excluding carboxylic acids is 1. The Kier molecular flexibility index (Phi) is 5.04. The smallest absolute Gasteiger partial charge is 0.251 e. The quantitative estimate of drug-likeness (QED) is 0.742. The first kappa shape index (κ1) is 16.6. The van der Waals surface area contributed by atoms with Gasteiger partial charge in [-0.1, -0.05) is 36.4 Å². The summed E-state index contributed by atoms with van der Waals surface area (Å²) in [6.07, 6.45) is 0. The number of benzene rings is 2. The first-order chi connectivity index (χ1) is 12.2. The molecule has 1 aromatic heterocycles. The number of carbonyl (C=O) groups is 1. The molecule has 25 heavy (non-hydrogen) atoms. The van der Waals surface area contributed by atoms with E-state index in [-0.39, 0.29) is 5.91 Å². The Morgan fingerprint density at radius 1 is 1.00 bits per heavy atom. The maximum Gasteiger partial charge on any atom is 0.251 e. The number of aryl methyl sites for hydroxylation is 1. The molecule has 1 amide bonds. The predicted octanol–water partition coefficient (Wildman–Crippen LogP) is 3.95. The molecular formula is C20H20N4O. The fourth-order valence-corrected chi connectivity index (χ4v) is 2.54. The first-order valence-corrected chi connectivity index (χ1v) is 8.22. The van der Waals surface area contributed by atoms with E-state index in [4.69, 9.17) is 0 Å². The minimum absolute atomic E-state index is 0.0880. The van der Waals surface area contributed by atoms with Crippen LogP contribution in [0.5, 0.6) is 0 Å². The van der Waals surface area contributed by atoms with E-state index in [1.54, 1.807) is 6.07 Å². The molecule has 0 unspecified atom stereocenters. The van der Waals surface area contributed by atoms with Crippen LogP contribution in [-0.4, -0.2) is 22.4 Å². The van der Waals surface area contributed by atoms with Gasteiger partial charge in [-0.2, -0.15) is 0 Å². The summed E-state index contributed by atoms with van der Waals surface area (Å²) in [4.78, 5) is 20.9. The molecule has 2 N–H and O–H groups in total. The molecule has 0 spiro atoms. The van der Waals surface area contributed by atoms with Crippen molar-refractivity contribution < 1.29 is 4.79 Å². The van der Waals surface area contributed by atoms with Crippen LogP contribution in [0.15, 0.2) is 60.7 Å². The second-order valence-corrected chi connectivity index (χ2v) is 5.62. The van der Waals surface area contributed by atoms with Crippen LogP contribution in [0.2, 0.25) is 0 Å². The normalized spacial score (nSPS) is 10.3. The number of amides is 1. The molecule has 2 aromatic carbocycles. The van der Waals surface area contributed by atoms with Gasteiger partial charge < -0.3 is 10.6 Å². The average Bonchev–Trinajstić information content (AvgIpc) is 2.62. The van der Waals surface area contributed by atoms with Crippen LogP contribution in [0.4, 0.5) is 11.5 Å². The highest BCUT2D eigenvalue weighted by Crippen LogP contribution is 2.22. The van der Waals surface area contributed by atoms with Crippen molar-refractivity contribution >= 4 is 17.4 Å². The Labute approximate surface area is 147 Å². The molecular weight excluding hydrogens is 312 g/mol. The van der Waals surface area contributed by atoms with Gasteiger partial charge >= 0.3 is 0 Å². The maximum absolute atomic E-state index is 12.0. The van der Waals surface area contributed by atoms with E-state index < -0.39 is 0 Å². The summed E-state index contributed by atoms with van der Waals surface area (Å²) in [5.74, 6) is 1.29. The third-order valence-corrected chi connectivity index (χ3v) is 3.64. The molecule has 0 saturated heterocycles. The maximum atomic E-state index is 12.0. The SMILES string of the molecule is CCNC(=O)c1cccc(Nc2cc(-c3ccccc3)nc(C)n2)c1. The number of hydrogen-bond acceptors (Lipinski definition) is 4. The van der Waals surface area contributed by atoms with Crippen LogP contribution in [0.25, 0.3) is 11.3 Å². The third kappa shape index (κ3) is 4.20. The lowest BCUT2D eigenvalue weighted by Crippen LogP contribution is -2.22. The molecule has 5 nitrogen and oxygen atoms in total. The number of nitrogens with one attached hydrogen (secondary N) is 2. The van der Waals surface area contributed by atoms with Gasteiger partial charge in [-0.15, -0.1) is 0 Å². The minimum atomic E-state index is -0.0880. The number of nitrogens with zero attached hydrogens (tertiary/aromatic N) is 2. The number of aromatic nitrogens is 2. The summed E-state index contributed by atoms with van der Waals surface area (Å²) >= 11 is 0. The Morgan fingerprint density at radius 2 is 1.80 bits per heavy atom. The number of rotatable bonds is 5. The van der Waals surface area contributed by atoms with Crippen LogP contribution < -0.4 is 10.6 Å². The Bertz CT molecular complexity index is 878. The van der Waals surface area contributed by atoms with E-state index in [0.29, 0.717) is 23.8 Å². The van der Waals surface area contributed by atoms with E-state index in [2.05, 4.69) is 20.6 Å². The highest BCUT2D eigenvalue weighted by molar-refractivity contribution is 5.95. The fourth-order valence-electron chi connectivity index (χ4n) is 2.54. The van der Waals surface area contributed by atoms with Gasteiger partial charge in [0.1, 0.15) is 11.6 Å². The van der Waals surface area contributed by atoms with E-state index in [1.165, 1.54) is 0 Å². The molecule has 0 aliphatic heterocycles. The predicted molar refractivity (Wildman–Crippen MR) is 99.9 cm³/mol. The van der Waals surface area contributed by atoms with Crippen molar-refractivity contribution in [3.05, 3.63) is 72.1 Å². The van der Waals surface area contributed by atoms with Crippen molar-refractivity contribution in [3.63, 3.8) is 0 Å². The van der Waals surface area contributed by atoms with Crippen molar-refractivity contribution in [2.45, 2.75) is 13.8 Å². The first-order valence-electron chi connectivity index (χ1n) is 8.22. The van der Waals surface area contributed by atoms with Gasteiger partial charge in [-0.05, 0) is 32.0 Å². The van der Waals surface area contributed by atoms with Gasteiger partial charge in [-0.3, -0.25) is 4.79 Å². The average molecular weight is 332 g/mol. The lowest BCUT2D eigenvalue weighted by atomic mass is 10.1. The molecule has 0 atom stereocenters. The van der Waals surface area contributed by atoms with Gasteiger partial charge in [0.25, 0.3) is 5.91 Å². The molecule has 126 valence electrons. The molecule has 0 radical (unpaired) electrons. The van der Waals surface area contributed by atoms with Gasteiger partial charge in [-0.25, -0.2) is 9.97 Å². The third-order valence-electron chi connectivity index (χ3n) is 3.64. The number of anilines is 2. The Morgan fingerprint density at radius 3 is 2.56 bits per heavy atom. The molecule has 5 heteroatoms. The molecule has 0 aliphatic carbocycles. The fraction of sp³-hybridized carbons (Fsp3) is 0.150. The summed E-state index contributed by atoms with van der Waals surface area (Å²) in [6, 6.07) is 19.2. The van der Waals surface area contributed by atoms with Crippen LogP contribution in [0.3, 0.4) is 0 Å². The van der Waals surface area contributed by atoms with Gasteiger partial charge in [0.05, 0.1) is 5.69 Å². The topological polar surface area (TPSA) is 66.9 Å². The van der Waals surface area contributed by atoms with E-state index >= 15 is 0 Å². The van der Waals surface area contributed by atoms with Crippen LogP contribution in [-0.2, 0) is 0 Å². The summed E-state index contributed by atoms with van der Waals surface area (Å²) in [6.45, 7) is 4.36. The van der Waals surface area contributed by atoms with Crippen molar-refractivity contribution in [2.24, 2.45) is 0 Å². The zero-order valence-electron chi connectivity index (χ0n) is 14.3. The molecule has 0 saturated carbocycles. The summed E-state index contributed by atoms with van der Waals surface area (Å²) < 4.78 is 0. The van der Waals surface area contributed by atoms with Crippen molar-refractivity contribution in [3.8, 4) is 11.3 Å². The van der Waals surface area contributed by atoms with E-state index in [1.807, 2.05) is 68.4 Å². The second-order valence-electron chi connectivity index (χ2n) is 5.62. The van der Waals surface area contributed by atoms with Crippen molar-refractivity contribution in [2.75, 3.05) is 11.9 Å². The van der Waals surface area contributed by atoms with Gasteiger partial charge in [0.15, 0.2) is 0 Å². The van der Waals surface area contributed by atoms with Crippen LogP contribution in [0.1, 0.15) is 23.1 Å². The lowest BCUT2D eigenvalue weighted by Gasteiger charge is -2.10. The second kappa shape index (κ2) is 7.57. The highest BCUT2D eigenvalue weighted by Gasteiger charge is 2.07. The van der Waals surface area contributed by atoms with Gasteiger partial charge in [0.2, 0.25) is 0 Å². The Balaban J connectivity index is 1.87. The van der Waals surface area contributed by atoms with Crippen molar-refractivity contribution in [1.29, 1.82) is 0 Å². The van der Waals surface area contributed by atoms with E-state index in [9.17, 15) is 4.79 Å². The van der Waals surface area contributed by atoms with E-state index in [0.717, 1.165) is 16.9 Å². The molecule has 1 heterocycles. The van der Waals surface area contributed by atoms with Crippen molar-refractivity contribution in [1.82, 2.24) is 15.3 Å². The lowest BCUT2D eigenvalue weighted by molar-refractivity contribution is 0.0956. The van der Waals surface area contributed by atoms with Crippen LogP contribution >= 0.6 is 0 Å². The summed E-state index contributed by atoms with van der Waals surface area (Å²) in [5.41, 5.74) is 3.31. The zero-order chi connectivity index (χ0) is 17.6. The monoisotopic (exact) mass is 332 g/mol. The standard InChI is InChI=1S/C20H20N4O/c1-3-21-20(25)16-10-7-11-17(12-16)24-19-13-18(22-14(2)23-19)15-8-5-4-6-9-15/h4-13H,3H2,1-2H3,(H,21,25)(H,22,23,24). The summed E-state index contributed by atoms with van der Waals surface area (Å²) in [7, 11) is 0. The van der Waals surface area contributed by atoms with Gasteiger partial charge in [0, 0.05) is 29.4 Å². The largest absolute Gasteiger partial charge is 0.352 e. The molecule has 0 bridgehead atoms. The Hall–Kier alpha value is -3.21. The molecule has 0 fully saturated rings. The molecule has 3 aromatic rings. The molecule has 0 aliphatic rings. The highest BCUT2D eigenvalue weighted by atomic mass is 16.1. The summed E-state index contributed by atoms with van der Waals surface area (Å²) in [5, 5.41) is 6.06. The molecule has 3 rings (SSSR count). The zero-order valence-corrected chi connectivity index (χ0v) is 14.3.